The third kappa shape index (κ3) is 3.99. The number of hydrogen-bond donors (Lipinski definition) is 1. The molecule has 0 atom stereocenters. The lowest BCUT2D eigenvalue weighted by atomic mass is 10.1. The summed E-state index contributed by atoms with van der Waals surface area (Å²) in [5.41, 5.74) is 2.27. The summed E-state index contributed by atoms with van der Waals surface area (Å²) in [5.74, 6) is -0.810. The van der Waals surface area contributed by atoms with E-state index in [0.717, 1.165) is 10.8 Å². The standard InChI is InChI=1S/C25H22N2O3S/c1-15(2)31-23-22(18-11-13-19(14-12-18)26-16(3)28)24(29)27(25(23)30)21-10-6-8-17-7-4-5-9-20(17)21/h4-15H,1-3H3,(H,26,28). The summed E-state index contributed by atoms with van der Waals surface area (Å²) in [5, 5.41) is 4.67. The molecule has 3 aromatic carbocycles. The van der Waals surface area contributed by atoms with Crippen LogP contribution in [-0.2, 0) is 14.4 Å². The van der Waals surface area contributed by atoms with Gasteiger partial charge < -0.3 is 5.32 Å². The second-order valence-electron chi connectivity index (χ2n) is 7.57. The molecule has 1 aliphatic rings. The zero-order valence-corrected chi connectivity index (χ0v) is 18.3. The van der Waals surface area contributed by atoms with Crippen LogP contribution in [0.3, 0.4) is 0 Å². The van der Waals surface area contributed by atoms with Gasteiger partial charge in [-0.2, -0.15) is 0 Å². The van der Waals surface area contributed by atoms with Crippen LogP contribution in [0.4, 0.5) is 11.4 Å². The number of amides is 3. The fourth-order valence-corrected chi connectivity index (χ4v) is 4.64. The van der Waals surface area contributed by atoms with Gasteiger partial charge in [-0.05, 0) is 29.1 Å². The normalized spacial score (nSPS) is 14.1. The molecule has 156 valence electrons. The summed E-state index contributed by atoms with van der Waals surface area (Å²) >= 11 is 1.39. The van der Waals surface area contributed by atoms with Gasteiger partial charge in [-0.25, -0.2) is 4.90 Å². The molecule has 0 spiro atoms. The molecule has 5 nitrogen and oxygen atoms in total. The summed E-state index contributed by atoms with van der Waals surface area (Å²) in [6.07, 6.45) is 0. The van der Waals surface area contributed by atoms with Crippen molar-refractivity contribution in [1.29, 1.82) is 0 Å². The van der Waals surface area contributed by atoms with Crippen LogP contribution >= 0.6 is 11.8 Å². The molecule has 6 heteroatoms. The van der Waals surface area contributed by atoms with Gasteiger partial charge in [-0.15, -0.1) is 11.8 Å². The minimum absolute atomic E-state index is 0.132. The number of carbonyl (C=O) groups excluding carboxylic acids is 3. The quantitative estimate of drug-likeness (QED) is 0.563. The molecule has 31 heavy (non-hydrogen) atoms. The largest absolute Gasteiger partial charge is 0.326 e. The predicted octanol–water partition coefficient (Wildman–Crippen LogP) is 5.22. The summed E-state index contributed by atoms with van der Waals surface area (Å²) in [4.78, 5) is 40.1. The van der Waals surface area contributed by atoms with Crippen LogP contribution in [0.15, 0.2) is 71.6 Å². The number of imide groups is 1. The van der Waals surface area contributed by atoms with Gasteiger partial charge in [-0.3, -0.25) is 14.4 Å². The van der Waals surface area contributed by atoms with E-state index in [-0.39, 0.29) is 23.0 Å². The van der Waals surface area contributed by atoms with Crippen LogP contribution in [0, 0.1) is 0 Å². The number of thioether (sulfide) groups is 1. The smallest absolute Gasteiger partial charge is 0.272 e. The second kappa shape index (κ2) is 8.40. The molecule has 0 radical (unpaired) electrons. The highest BCUT2D eigenvalue weighted by molar-refractivity contribution is 8.04. The summed E-state index contributed by atoms with van der Waals surface area (Å²) < 4.78 is 0. The first-order valence-corrected chi connectivity index (χ1v) is 10.9. The van der Waals surface area contributed by atoms with E-state index in [4.69, 9.17) is 0 Å². The maximum Gasteiger partial charge on any atom is 0.272 e. The maximum absolute atomic E-state index is 13.6. The number of rotatable bonds is 5. The zero-order chi connectivity index (χ0) is 22.1. The molecular weight excluding hydrogens is 408 g/mol. The fraction of sp³-hybridized carbons (Fsp3) is 0.160. The summed E-state index contributed by atoms with van der Waals surface area (Å²) in [6.45, 7) is 5.43. The number of nitrogens with zero attached hydrogens (tertiary/aromatic N) is 1. The lowest BCUT2D eigenvalue weighted by Crippen LogP contribution is -2.31. The molecule has 0 aromatic heterocycles. The van der Waals surface area contributed by atoms with Gasteiger partial charge >= 0.3 is 0 Å². The molecule has 3 aromatic rings. The van der Waals surface area contributed by atoms with Crippen LogP contribution in [0.1, 0.15) is 26.3 Å². The molecule has 0 unspecified atom stereocenters. The SMILES string of the molecule is CC(=O)Nc1ccc(C2=C(SC(C)C)C(=O)N(c3cccc4ccccc34)C2=O)cc1. The Kier molecular flexibility index (Phi) is 5.65. The van der Waals surface area contributed by atoms with Gasteiger partial charge in [0.15, 0.2) is 0 Å². The van der Waals surface area contributed by atoms with Crippen molar-refractivity contribution in [3.05, 3.63) is 77.2 Å². The second-order valence-corrected chi connectivity index (χ2v) is 9.16. The highest BCUT2D eigenvalue weighted by Gasteiger charge is 2.41. The average Bonchev–Trinajstić information content (AvgIpc) is 2.97. The Morgan fingerprint density at radius 1 is 0.903 bits per heavy atom. The average molecular weight is 431 g/mol. The Balaban J connectivity index is 1.81. The number of nitrogens with one attached hydrogen (secondary N) is 1. The Hall–Kier alpha value is -3.38. The Labute approximate surface area is 185 Å². The number of benzene rings is 3. The van der Waals surface area contributed by atoms with Crippen molar-refractivity contribution in [2.24, 2.45) is 0 Å². The zero-order valence-electron chi connectivity index (χ0n) is 17.5. The van der Waals surface area contributed by atoms with Gasteiger partial charge in [0.05, 0.1) is 16.2 Å². The fourth-order valence-electron chi connectivity index (χ4n) is 3.65. The van der Waals surface area contributed by atoms with E-state index < -0.39 is 0 Å². The lowest BCUT2D eigenvalue weighted by Gasteiger charge is -2.18. The van der Waals surface area contributed by atoms with Crippen molar-refractivity contribution in [3.8, 4) is 0 Å². The van der Waals surface area contributed by atoms with Gasteiger partial charge in [0.2, 0.25) is 5.91 Å². The molecule has 4 rings (SSSR count). The minimum atomic E-state index is -0.336. The highest BCUT2D eigenvalue weighted by atomic mass is 32.2. The first kappa shape index (κ1) is 20.9. The predicted molar refractivity (Wildman–Crippen MR) is 127 cm³/mol. The molecule has 0 saturated carbocycles. The van der Waals surface area contributed by atoms with E-state index in [9.17, 15) is 14.4 Å². The van der Waals surface area contributed by atoms with Crippen molar-refractivity contribution in [1.82, 2.24) is 0 Å². The van der Waals surface area contributed by atoms with E-state index in [1.54, 1.807) is 30.3 Å². The van der Waals surface area contributed by atoms with Crippen molar-refractivity contribution in [2.45, 2.75) is 26.0 Å². The van der Waals surface area contributed by atoms with E-state index in [0.29, 0.717) is 27.4 Å². The van der Waals surface area contributed by atoms with Crippen molar-refractivity contribution >= 4 is 57.2 Å². The summed E-state index contributed by atoms with van der Waals surface area (Å²) in [6, 6.07) is 20.3. The molecule has 1 heterocycles. The van der Waals surface area contributed by atoms with Gasteiger partial charge in [-0.1, -0.05) is 62.4 Å². The first-order valence-electron chi connectivity index (χ1n) is 10.0. The molecule has 0 aliphatic carbocycles. The number of fused-ring (bicyclic) bond motifs is 1. The third-order valence-corrected chi connectivity index (χ3v) is 5.98. The van der Waals surface area contributed by atoms with Crippen LogP contribution in [0.25, 0.3) is 16.3 Å². The van der Waals surface area contributed by atoms with Crippen LogP contribution in [-0.4, -0.2) is 23.0 Å². The number of hydrogen-bond acceptors (Lipinski definition) is 4. The molecule has 0 fully saturated rings. The molecule has 0 bridgehead atoms. The van der Waals surface area contributed by atoms with Crippen LogP contribution in [0.2, 0.25) is 0 Å². The van der Waals surface area contributed by atoms with Gasteiger partial charge in [0.25, 0.3) is 11.8 Å². The van der Waals surface area contributed by atoms with Crippen LogP contribution in [0.5, 0.6) is 0 Å². The molecule has 3 amide bonds. The Morgan fingerprint density at radius 3 is 2.26 bits per heavy atom. The van der Waals surface area contributed by atoms with Crippen molar-refractivity contribution < 1.29 is 14.4 Å². The van der Waals surface area contributed by atoms with E-state index in [2.05, 4.69) is 5.32 Å². The molecule has 1 aliphatic heterocycles. The monoisotopic (exact) mass is 430 g/mol. The van der Waals surface area contributed by atoms with Gasteiger partial charge in [0.1, 0.15) is 0 Å². The minimum Gasteiger partial charge on any atom is -0.326 e. The molecular formula is C25H22N2O3S. The lowest BCUT2D eigenvalue weighted by molar-refractivity contribution is -0.120. The van der Waals surface area contributed by atoms with E-state index in [1.165, 1.54) is 23.6 Å². The van der Waals surface area contributed by atoms with Crippen LogP contribution < -0.4 is 10.2 Å². The molecule has 0 saturated heterocycles. The van der Waals surface area contributed by atoms with Crippen molar-refractivity contribution in [3.63, 3.8) is 0 Å². The number of anilines is 2. The highest BCUT2D eigenvalue weighted by Crippen LogP contribution is 2.41. The topological polar surface area (TPSA) is 66.5 Å². The third-order valence-electron chi connectivity index (χ3n) is 4.90. The maximum atomic E-state index is 13.6. The van der Waals surface area contributed by atoms with Gasteiger partial charge in [0, 0.05) is 23.2 Å². The summed E-state index contributed by atoms with van der Waals surface area (Å²) in [7, 11) is 0. The van der Waals surface area contributed by atoms with Crippen molar-refractivity contribution in [2.75, 3.05) is 10.2 Å². The van der Waals surface area contributed by atoms with E-state index >= 15 is 0 Å². The number of carbonyl (C=O) groups is 3. The van der Waals surface area contributed by atoms with E-state index in [1.807, 2.05) is 50.2 Å². The molecule has 1 N–H and O–H groups in total. The first-order chi connectivity index (χ1) is 14.9. The Morgan fingerprint density at radius 2 is 1.58 bits per heavy atom. The Bertz CT molecular complexity index is 1220.